The third kappa shape index (κ3) is 3.40. The van der Waals surface area contributed by atoms with Crippen LogP contribution in [-0.4, -0.2) is 26.3 Å². The highest BCUT2D eigenvalue weighted by atomic mass is 19.1. The average molecular weight is 398 g/mol. The summed E-state index contributed by atoms with van der Waals surface area (Å²) in [5.74, 6) is -1.49. The fourth-order valence-electron chi connectivity index (χ4n) is 3.33. The van der Waals surface area contributed by atoms with Crippen molar-refractivity contribution in [3.63, 3.8) is 0 Å². The number of amidine groups is 1. The molecule has 0 radical (unpaired) electrons. The second-order valence-electron chi connectivity index (χ2n) is 6.89. The average Bonchev–Trinajstić information content (AvgIpc) is 3.04. The topological polar surface area (TPSA) is 118 Å². The number of carbonyl (C=O) groups is 1. The molecule has 0 unspecified atom stereocenters. The van der Waals surface area contributed by atoms with E-state index in [2.05, 4.69) is 20.3 Å². The fourth-order valence-corrected chi connectivity index (χ4v) is 3.33. The lowest BCUT2D eigenvalue weighted by Gasteiger charge is -2.32. The Balaban J connectivity index is 1.67. The zero-order chi connectivity index (χ0) is 20.8. The summed E-state index contributed by atoms with van der Waals surface area (Å²) in [6.45, 7) is 1.84. The van der Waals surface area contributed by atoms with Crippen molar-refractivity contribution in [2.45, 2.75) is 19.0 Å². The maximum atomic E-state index is 14.7. The standard InChI is InChI=1S/C19H16F2N6O2/c1-19(9-27-8-10(20)4-15(27)17(22)26-19)12-5-11(2-3-13(12)21)25-18(29)14-6-24-16(28)7-23-14/h2-8H,9H2,1H3,(H2,22,26)(H,24,28)(H,25,29)/t19-/m1/s1. The number of hydrogen-bond donors (Lipinski definition) is 3. The highest BCUT2D eigenvalue weighted by molar-refractivity contribution is 6.02. The lowest BCUT2D eigenvalue weighted by molar-refractivity contribution is 0.102. The minimum atomic E-state index is -1.11. The molecule has 1 aromatic carbocycles. The molecule has 0 bridgehead atoms. The number of halogens is 2. The van der Waals surface area contributed by atoms with Crippen molar-refractivity contribution >= 4 is 17.4 Å². The van der Waals surface area contributed by atoms with Crippen LogP contribution in [0.5, 0.6) is 0 Å². The van der Waals surface area contributed by atoms with Crippen LogP contribution in [0.2, 0.25) is 0 Å². The highest BCUT2D eigenvalue weighted by Gasteiger charge is 2.35. The number of nitrogens with two attached hydrogens (primary N) is 1. The van der Waals surface area contributed by atoms with E-state index in [1.165, 1.54) is 36.7 Å². The lowest BCUT2D eigenvalue weighted by atomic mass is 9.90. The van der Waals surface area contributed by atoms with Gasteiger partial charge in [-0.05, 0) is 25.1 Å². The molecule has 0 saturated heterocycles. The monoisotopic (exact) mass is 398 g/mol. The Labute approximate surface area is 163 Å². The third-order valence-electron chi connectivity index (χ3n) is 4.68. The number of H-pyrrole nitrogens is 1. The molecule has 3 heterocycles. The van der Waals surface area contributed by atoms with Gasteiger partial charge in [-0.15, -0.1) is 0 Å². The maximum Gasteiger partial charge on any atom is 0.275 e. The summed E-state index contributed by atoms with van der Waals surface area (Å²) in [5, 5.41) is 2.60. The van der Waals surface area contributed by atoms with Crippen LogP contribution in [-0.2, 0) is 12.1 Å². The largest absolute Gasteiger partial charge is 0.382 e. The summed E-state index contributed by atoms with van der Waals surface area (Å²) in [4.78, 5) is 33.9. The molecule has 4 N–H and O–H groups in total. The fraction of sp³-hybridized carbons (Fsp3) is 0.158. The molecule has 4 rings (SSSR count). The number of hydrogen-bond acceptors (Lipinski definition) is 5. The smallest absolute Gasteiger partial charge is 0.275 e. The van der Waals surface area contributed by atoms with E-state index in [1.807, 2.05) is 0 Å². The van der Waals surface area contributed by atoms with E-state index >= 15 is 0 Å². The van der Waals surface area contributed by atoms with Gasteiger partial charge in [0.25, 0.3) is 11.5 Å². The van der Waals surface area contributed by atoms with Crippen LogP contribution in [0, 0.1) is 11.6 Å². The summed E-state index contributed by atoms with van der Waals surface area (Å²) < 4.78 is 29.8. The van der Waals surface area contributed by atoms with E-state index in [0.717, 1.165) is 6.20 Å². The van der Waals surface area contributed by atoms with E-state index in [1.54, 1.807) is 11.5 Å². The molecule has 148 valence electrons. The van der Waals surface area contributed by atoms with Gasteiger partial charge in [0, 0.05) is 29.7 Å². The van der Waals surface area contributed by atoms with Crippen LogP contribution in [0.15, 0.2) is 52.6 Å². The zero-order valence-corrected chi connectivity index (χ0v) is 15.2. The molecule has 0 spiro atoms. The first-order chi connectivity index (χ1) is 13.7. The molecule has 29 heavy (non-hydrogen) atoms. The molecule has 1 aliphatic heterocycles. The first kappa shape index (κ1) is 18.5. The summed E-state index contributed by atoms with van der Waals surface area (Å²) in [7, 11) is 0. The Morgan fingerprint density at radius 1 is 1.34 bits per heavy atom. The van der Waals surface area contributed by atoms with Gasteiger partial charge in [0.2, 0.25) is 0 Å². The van der Waals surface area contributed by atoms with E-state index in [9.17, 15) is 18.4 Å². The molecule has 8 nitrogen and oxygen atoms in total. The maximum absolute atomic E-state index is 14.7. The Morgan fingerprint density at radius 2 is 2.14 bits per heavy atom. The van der Waals surface area contributed by atoms with E-state index < -0.39 is 28.6 Å². The highest BCUT2D eigenvalue weighted by Crippen LogP contribution is 2.35. The first-order valence-electron chi connectivity index (χ1n) is 8.63. The molecular weight excluding hydrogens is 382 g/mol. The summed E-state index contributed by atoms with van der Waals surface area (Å²) in [5.41, 5.74) is 5.33. The summed E-state index contributed by atoms with van der Waals surface area (Å²) in [6, 6.07) is 5.31. The molecule has 3 aromatic rings. The molecule has 1 amide bonds. The Bertz CT molecular complexity index is 1200. The van der Waals surface area contributed by atoms with E-state index in [-0.39, 0.29) is 23.6 Å². The van der Waals surface area contributed by atoms with Gasteiger partial charge in [-0.2, -0.15) is 0 Å². The van der Waals surface area contributed by atoms with Crippen molar-refractivity contribution in [2.75, 3.05) is 5.32 Å². The van der Waals surface area contributed by atoms with Crippen molar-refractivity contribution in [3.05, 3.63) is 81.8 Å². The molecular formula is C19H16F2N6O2. The zero-order valence-electron chi connectivity index (χ0n) is 15.2. The van der Waals surface area contributed by atoms with Crippen LogP contribution in [0.3, 0.4) is 0 Å². The van der Waals surface area contributed by atoms with E-state index in [4.69, 9.17) is 5.73 Å². The summed E-state index contributed by atoms with van der Waals surface area (Å²) >= 11 is 0. The SMILES string of the molecule is C[C@]1(c2cc(NC(=O)c3c[nH]c(=O)cn3)ccc2F)Cn2cc(F)cc2C(N)=N1. The van der Waals surface area contributed by atoms with Crippen molar-refractivity contribution in [2.24, 2.45) is 10.7 Å². The van der Waals surface area contributed by atoms with Gasteiger partial charge in [-0.3, -0.25) is 14.6 Å². The molecule has 1 atom stereocenters. The number of anilines is 1. The van der Waals surface area contributed by atoms with Gasteiger partial charge in [-0.25, -0.2) is 13.8 Å². The van der Waals surface area contributed by atoms with Crippen molar-refractivity contribution in [1.29, 1.82) is 0 Å². The minimum Gasteiger partial charge on any atom is -0.382 e. The number of nitrogens with one attached hydrogen (secondary N) is 2. The number of aromatic nitrogens is 3. The quantitative estimate of drug-likeness (QED) is 0.623. The Morgan fingerprint density at radius 3 is 2.86 bits per heavy atom. The Kier molecular flexibility index (Phi) is 4.26. The minimum absolute atomic E-state index is 0.00548. The van der Waals surface area contributed by atoms with Crippen LogP contribution < -0.4 is 16.6 Å². The van der Waals surface area contributed by atoms with Crippen molar-refractivity contribution < 1.29 is 13.6 Å². The summed E-state index contributed by atoms with van der Waals surface area (Å²) in [6.07, 6.45) is 3.44. The van der Waals surface area contributed by atoms with Crippen LogP contribution >= 0.6 is 0 Å². The van der Waals surface area contributed by atoms with Crippen molar-refractivity contribution in [3.8, 4) is 0 Å². The van der Waals surface area contributed by atoms with Gasteiger partial charge in [-0.1, -0.05) is 0 Å². The normalized spacial score (nSPS) is 18.1. The number of amides is 1. The first-order valence-corrected chi connectivity index (χ1v) is 8.63. The number of aliphatic imine (C=N–C) groups is 1. The number of benzene rings is 1. The second-order valence-corrected chi connectivity index (χ2v) is 6.89. The van der Waals surface area contributed by atoms with Gasteiger partial charge in [0.05, 0.1) is 18.4 Å². The number of carbonyl (C=O) groups excluding carboxylic acids is 1. The molecule has 0 saturated carbocycles. The molecule has 2 aromatic heterocycles. The Hall–Kier alpha value is -3.82. The van der Waals surface area contributed by atoms with Crippen LogP contribution in [0.25, 0.3) is 0 Å². The van der Waals surface area contributed by atoms with Gasteiger partial charge in [0.1, 0.15) is 28.7 Å². The van der Waals surface area contributed by atoms with Gasteiger partial charge < -0.3 is 20.6 Å². The van der Waals surface area contributed by atoms with Crippen molar-refractivity contribution in [1.82, 2.24) is 14.5 Å². The number of rotatable bonds is 3. The van der Waals surface area contributed by atoms with Crippen LogP contribution in [0.1, 0.15) is 28.7 Å². The van der Waals surface area contributed by atoms with Crippen LogP contribution in [0.4, 0.5) is 14.5 Å². The number of nitrogens with zero attached hydrogens (tertiary/aromatic N) is 3. The molecule has 10 heteroatoms. The second kappa shape index (κ2) is 6.66. The predicted octanol–water partition coefficient (Wildman–Crippen LogP) is 1.74. The number of aromatic amines is 1. The number of fused-ring (bicyclic) bond motifs is 1. The molecule has 0 aliphatic carbocycles. The predicted molar refractivity (Wildman–Crippen MR) is 102 cm³/mol. The molecule has 0 fully saturated rings. The molecule has 1 aliphatic rings. The van der Waals surface area contributed by atoms with Gasteiger partial charge in [0.15, 0.2) is 0 Å². The third-order valence-corrected chi connectivity index (χ3v) is 4.68. The van der Waals surface area contributed by atoms with Gasteiger partial charge >= 0.3 is 0 Å². The lowest BCUT2D eigenvalue weighted by Crippen LogP contribution is -2.37. The van der Waals surface area contributed by atoms with E-state index in [0.29, 0.717) is 11.4 Å².